The predicted octanol–water partition coefficient (Wildman–Crippen LogP) is 2.14. The van der Waals surface area contributed by atoms with Gasteiger partial charge in [0, 0.05) is 31.7 Å². The molecule has 31 heavy (non-hydrogen) atoms. The van der Waals surface area contributed by atoms with Crippen LogP contribution in [0.15, 0.2) is 41.3 Å². The highest BCUT2D eigenvalue weighted by Gasteiger charge is 2.29. The van der Waals surface area contributed by atoms with E-state index in [1.54, 1.807) is 17.0 Å². The van der Waals surface area contributed by atoms with Gasteiger partial charge in [0.2, 0.25) is 15.8 Å². The topological polar surface area (TPSA) is 85.4 Å². The Morgan fingerprint density at radius 1 is 1.03 bits per heavy atom. The molecule has 0 saturated carbocycles. The number of ether oxygens (including phenoxy) is 3. The molecule has 0 spiro atoms. The molecular formula is C21H23FN2O6S. The second-order valence-electron chi connectivity index (χ2n) is 7.21. The van der Waals surface area contributed by atoms with Crippen LogP contribution >= 0.6 is 0 Å². The molecule has 10 heteroatoms. The summed E-state index contributed by atoms with van der Waals surface area (Å²) >= 11 is 0. The van der Waals surface area contributed by atoms with Crippen molar-refractivity contribution in [2.24, 2.45) is 0 Å². The molecule has 1 fully saturated rings. The molecule has 166 valence electrons. The monoisotopic (exact) mass is 450 g/mol. The molecule has 0 radical (unpaired) electrons. The van der Waals surface area contributed by atoms with Crippen molar-refractivity contribution in [3.63, 3.8) is 0 Å². The number of sulfonamides is 1. The van der Waals surface area contributed by atoms with Crippen molar-refractivity contribution in [2.75, 3.05) is 46.5 Å². The van der Waals surface area contributed by atoms with E-state index < -0.39 is 15.8 Å². The molecule has 2 aliphatic rings. The lowest BCUT2D eigenvalue weighted by Gasteiger charge is -2.24. The highest BCUT2D eigenvalue weighted by atomic mass is 32.2. The van der Waals surface area contributed by atoms with Crippen LogP contribution < -0.4 is 14.2 Å². The van der Waals surface area contributed by atoms with Crippen LogP contribution in [0.4, 0.5) is 4.39 Å². The summed E-state index contributed by atoms with van der Waals surface area (Å²) in [5.41, 5.74) is 0.385. The number of carbonyl (C=O) groups excluding carboxylic acids is 1. The van der Waals surface area contributed by atoms with Gasteiger partial charge in [-0.05, 0) is 42.8 Å². The lowest BCUT2D eigenvalue weighted by molar-refractivity contribution is 0.0762. The Balaban J connectivity index is 1.51. The average Bonchev–Trinajstić information content (AvgIpc) is 3.05. The number of hydrogen-bond acceptors (Lipinski definition) is 6. The molecular weight excluding hydrogens is 427 g/mol. The summed E-state index contributed by atoms with van der Waals surface area (Å²) < 4.78 is 56.8. The van der Waals surface area contributed by atoms with Crippen molar-refractivity contribution in [2.45, 2.75) is 11.3 Å². The number of rotatable bonds is 4. The number of hydrogen-bond donors (Lipinski definition) is 0. The van der Waals surface area contributed by atoms with E-state index >= 15 is 0 Å². The summed E-state index contributed by atoms with van der Waals surface area (Å²) in [4.78, 5) is 14.8. The van der Waals surface area contributed by atoms with Crippen LogP contribution in [0.5, 0.6) is 17.2 Å². The Bertz CT molecular complexity index is 1060. The van der Waals surface area contributed by atoms with Gasteiger partial charge in [-0.3, -0.25) is 4.79 Å². The third-order valence-corrected chi connectivity index (χ3v) is 7.18. The molecule has 0 N–H and O–H groups in total. The Labute approximate surface area is 180 Å². The van der Waals surface area contributed by atoms with Gasteiger partial charge in [-0.15, -0.1) is 0 Å². The van der Waals surface area contributed by atoms with E-state index in [0.29, 0.717) is 49.0 Å². The fourth-order valence-electron chi connectivity index (χ4n) is 3.67. The Morgan fingerprint density at radius 2 is 1.77 bits per heavy atom. The maximum atomic E-state index is 13.2. The van der Waals surface area contributed by atoms with E-state index in [0.717, 1.165) is 12.1 Å². The standard InChI is InChI=1S/C21H23FN2O6S/c1-28-18-13-15(14-19-20(18)30-12-11-29-19)21(25)23-7-2-8-24(10-9-23)31(26,27)17-5-3-16(22)4-6-17/h3-6,13-14H,2,7-12H2,1H3. The van der Waals surface area contributed by atoms with Crippen molar-refractivity contribution in [1.82, 2.24) is 9.21 Å². The van der Waals surface area contributed by atoms with Gasteiger partial charge in [0.25, 0.3) is 5.91 Å². The lowest BCUT2D eigenvalue weighted by Crippen LogP contribution is -2.37. The average molecular weight is 450 g/mol. The first-order valence-electron chi connectivity index (χ1n) is 9.93. The quantitative estimate of drug-likeness (QED) is 0.710. The van der Waals surface area contributed by atoms with Crippen LogP contribution in [0.3, 0.4) is 0 Å². The summed E-state index contributed by atoms with van der Waals surface area (Å²) in [6.07, 6.45) is 0.480. The van der Waals surface area contributed by atoms with Gasteiger partial charge >= 0.3 is 0 Å². The van der Waals surface area contributed by atoms with E-state index in [-0.39, 0.29) is 30.4 Å². The van der Waals surface area contributed by atoms with E-state index in [4.69, 9.17) is 14.2 Å². The third-order valence-electron chi connectivity index (χ3n) is 5.27. The van der Waals surface area contributed by atoms with Crippen molar-refractivity contribution in [3.05, 3.63) is 47.8 Å². The molecule has 0 bridgehead atoms. The van der Waals surface area contributed by atoms with Crippen LogP contribution in [-0.4, -0.2) is 70.0 Å². The minimum Gasteiger partial charge on any atom is -0.493 e. The zero-order valence-corrected chi connectivity index (χ0v) is 17.9. The minimum atomic E-state index is -3.77. The summed E-state index contributed by atoms with van der Waals surface area (Å²) in [6.45, 7) is 1.84. The molecule has 0 atom stereocenters. The second-order valence-corrected chi connectivity index (χ2v) is 9.14. The van der Waals surface area contributed by atoms with Crippen molar-refractivity contribution < 1.29 is 31.8 Å². The van der Waals surface area contributed by atoms with Gasteiger partial charge in [-0.1, -0.05) is 0 Å². The number of amides is 1. The molecule has 2 heterocycles. The zero-order chi connectivity index (χ0) is 22.0. The summed E-state index contributed by atoms with van der Waals surface area (Å²) in [7, 11) is -2.27. The van der Waals surface area contributed by atoms with E-state index in [1.807, 2.05) is 0 Å². The first kappa shape index (κ1) is 21.4. The molecule has 2 aromatic rings. The first-order chi connectivity index (χ1) is 14.9. The third kappa shape index (κ3) is 4.31. The normalized spacial score (nSPS) is 17.2. The molecule has 4 rings (SSSR count). The number of carbonyl (C=O) groups is 1. The molecule has 1 saturated heterocycles. The Kier molecular flexibility index (Phi) is 6.01. The molecule has 2 aromatic carbocycles. The second kappa shape index (κ2) is 8.72. The van der Waals surface area contributed by atoms with Gasteiger partial charge in [0.15, 0.2) is 11.5 Å². The molecule has 8 nitrogen and oxygen atoms in total. The zero-order valence-electron chi connectivity index (χ0n) is 17.0. The van der Waals surface area contributed by atoms with Gasteiger partial charge in [-0.2, -0.15) is 4.31 Å². The van der Waals surface area contributed by atoms with Crippen molar-refractivity contribution >= 4 is 15.9 Å². The van der Waals surface area contributed by atoms with Gasteiger partial charge in [0.1, 0.15) is 19.0 Å². The first-order valence-corrected chi connectivity index (χ1v) is 11.4. The highest BCUT2D eigenvalue weighted by Crippen LogP contribution is 2.40. The van der Waals surface area contributed by atoms with Gasteiger partial charge in [0.05, 0.1) is 12.0 Å². The molecule has 0 aromatic heterocycles. The van der Waals surface area contributed by atoms with Gasteiger partial charge < -0.3 is 19.1 Å². The summed E-state index contributed by atoms with van der Waals surface area (Å²) in [5, 5.41) is 0. The summed E-state index contributed by atoms with van der Waals surface area (Å²) in [6, 6.07) is 7.97. The number of halogens is 1. The van der Waals surface area contributed by atoms with E-state index in [1.165, 1.54) is 23.5 Å². The van der Waals surface area contributed by atoms with Crippen LogP contribution in [0, 0.1) is 5.82 Å². The maximum absolute atomic E-state index is 13.2. The minimum absolute atomic E-state index is 0.0326. The van der Waals surface area contributed by atoms with Crippen LogP contribution in [0.25, 0.3) is 0 Å². The molecule has 1 amide bonds. The molecule has 0 aliphatic carbocycles. The van der Waals surface area contributed by atoms with Crippen LogP contribution in [0.2, 0.25) is 0 Å². The fourth-order valence-corrected chi connectivity index (χ4v) is 5.14. The fraction of sp³-hybridized carbons (Fsp3) is 0.381. The van der Waals surface area contributed by atoms with E-state index in [2.05, 4.69) is 0 Å². The van der Waals surface area contributed by atoms with Crippen molar-refractivity contribution in [1.29, 1.82) is 0 Å². The smallest absolute Gasteiger partial charge is 0.254 e. The predicted molar refractivity (Wildman–Crippen MR) is 110 cm³/mol. The van der Waals surface area contributed by atoms with E-state index in [9.17, 15) is 17.6 Å². The summed E-state index contributed by atoms with van der Waals surface area (Å²) in [5.74, 6) is 0.593. The molecule has 2 aliphatic heterocycles. The number of benzene rings is 2. The maximum Gasteiger partial charge on any atom is 0.254 e. The van der Waals surface area contributed by atoms with Crippen molar-refractivity contribution in [3.8, 4) is 17.2 Å². The Morgan fingerprint density at radius 3 is 2.52 bits per heavy atom. The number of fused-ring (bicyclic) bond motifs is 1. The molecule has 0 unspecified atom stereocenters. The van der Waals surface area contributed by atoms with Crippen LogP contribution in [0.1, 0.15) is 16.8 Å². The Hall–Kier alpha value is -2.85. The highest BCUT2D eigenvalue weighted by molar-refractivity contribution is 7.89. The number of methoxy groups -OCH3 is 1. The van der Waals surface area contributed by atoms with Crippen LogP contribution in [-0.2, 0) is 10.0 Å². The number of nitrogens with zero attached hydrogens (tertiary/aromatic N) is 2. The largest absolute Gasteiger partial charge is 0.493 e. The SMILES string of the molecule is COc1cc(C(=O)N2CCCN(S(=O)(=O)c3ccc(F)cc3)CC2)cc2c1OCCO2. The lowest BCUT2D eigenvalue weighted by atomic mass is 10.1. The van der Waals surface area contributed by atoms with Gasteiger partial charge in [-0.25, -0.2) is 12.8 Å².